The van der Waals surface area contributed by atoms with Gasteiger partial charge in [0.05, 0.1) is 17.6 Å². The Labute approximate surface area is 146 Å². The molecule has 2 heterocycles. The molecule has 0 spiro atoms. The van der Waals surface area contributed by atoms with Crippen molar-refractivity contribution in [3.8, 4) is 11.1 Å². The standard InChI is InChI=1S/C20H21FN4/c1-12-14(6-7-15-9-19(22)25-13(2)20(15)23)4-3-5-18(12)16-8-17(21)11-24-10-16/h3-5,8-11H,6-7,23H2,1-2H3,(H2,22,25). The van der Waals surface area contributed by atoms with Crippen LogP contribution in [0.5, 0.6) is 0 Å². The minimum Gasteiger partial charge on any atom is -0.397 e. The molecule has 0 aliphatic rings. The van der Waals surface area contributed by atoms with E-state index in [2.05, 4.69) is 16.0 Å². The summed E-state index contributed by atoms with van der Waals surface area (Å²) in [5.74, 6) is 0.149. The van der Waals surface area contributed by atoms with E-state index in [-0.39, 0.29) is 5.82 Å². The summed E-state index contributed by atoms with van der Waals surface area (Å²) in [4.78, 5) is 8.12. The predicted molar refractivity (Wildman–Crippen MR) is 99.6 cm³/mol. The van der Waals surface area contributed by atoms with Crippen LogP contribution in [0.4, 0.5) is 15.9 Å². The van der Waals surface area contributed by atoms with Crippen LogP contribution < -0.4 is 11.5 Å². The first-order valence-corrected chi connectivity index (χ1v) is 8.16. The van der Waals surface area contributed by atoms with Crippen molar-refractivity contribution in [3.05, 3.63) is 70.9 Å². The normalized spacial score (nSPS) is 10.8. The molecule has 4 nitrogen and oxygen atoms in total. The van der Waals surface area contributed by atoms with E-state index in [4.69, 9.17) is 11.5 Å². The molecule has 1 aromatic carbocycles. The average molecular weight is 336 g/mol. The van der Waals surface area contributed by atoms with Crippen LogP contribution in [-0.4, -0.2) is 9.97 Å². The molecule has 3 rings (SSSR count). The maximum Gasteiger partial charge on any atom is 0.142 e. The van der Waals surface area contributed by atoms with Gasteiger partial charge in [-0.3, -0.25) is 4.98 Å². The summed E-state index contributed by atoms with van der Waals surface area (Å²) in [5.41, 5.74) is 18.5. The van der Waals surface area contributed by atoms with Crippen molar-refractivity contribution in [2.45, 2.75) is 26.7 Å². The summed E-state index contributed by atoms with van der Waals surface area (Å²) in [6.07, 6.45) is 4.47. The Balaban J connectivity index is 1.88. The number of nitrogens with two attached hydrogens (primary N) is 2. The van der Waals surface area contributed by atoms with Crippen molar-refractivity contribution in [2.24, 2.45) is 0 Å². The number of nitrogen functional groups attached to an aromatic ring is 2. The fourth-order valence-corrected chi connectivity index (χ4v) is 3.08. The number of hydrogen-bond donors (Lipinski definition) is 2. The highest BCUT2D eigenvalue weighted by molar-refractivity contribution is 5.67. The zero-order valence-corrected chi connectivity index (χ0v) is 14.4. The van der Waals surface area contributed by atoms with Crippen LogP contribution in [0.15, 0.2) is 42.7 Å². The summed E-state index contributed by atoms with van der Waals surface area (Å²) in [6, 6.07) is 9.39. The number of aryl methyl sites for hydroxylation is 3. The lowest BCUT2D eigenvalue weighted by molar-refractivity contribution is 0.622. The number of anilines is 2. The molecule has 128 valence electrons. The van der Waals surface area contributed by atoms with Crippen molar-refractivity contribution in [3.63, 3.8) is 0 Å². The first-order chi connectivity index (χ1) is 12.0. The van der Waals surface area contributed by atoms with Crippen LogP contribution in [0.2, 0.25) is 0 Å². The molecule has 0 saturated heterocycles. The van der Waals surface area contributed by atoms with Crippen LogP contribution in [0, 0.1) is 19.7 Å². The van der Waals surface area contributed by atoms with E-state index >= 15 is 0 Å². The Kier molecular flexibility index (Phi) is 4.65. The molecule has 5 heteroatoms. The zero-order chi connectivity index (χ0) is 18.0. The summed E-state index contributed by atoms with van der Waals surface area (Å²) < 4.78 is 13.5. The Bertz CT molecular complexity index is 922. The number of benzene rings is 1. The highest BCUT2D eigenvalue weighted by Crippen LogP contribution is 2.27. The van der Waals surface area contributed by atoms with Gasteiger partial charge in [-0.15, -0.1) is 0 Å². The summed E-state index contributed by atoms with van der Waals surface area (Å²) >= 11 is 0. The van der Waals surface area contributed by atoms with Crippen molar-refractivity contribution in [1.82, 2.24) is 9.97 Å². The first kappa shape index (κ1) is 16.9. The second-order valence-electron chi connectivity index (χ2n) is 6.19. The van der Waals surface area contributed by atoms with Gasteiger partial charge in [-0.1, -0.05) is 18.2 Å². The van der Waals surface area contributed by atoms with Gasteiger partial charge in [-0.25, -0.2) is 9.37 Å². The summed E-state index contributed by atoms with van der Waals surface area (Å²) in [7, 11) is 0. The highest BCUT2D eigenvalue weighted by Gasteiger charge is 2.10. The zero-order valence-electron chi connectivity index (χ0n) is 14.4. The van der Waals surface area contributed by atoms with Crippen LogP contribution in [-0.2, 0) is 12.8 Å². The van der Waals surface area contributed by atoms with Gasteiger partial charge in [0.1, 0.15) is 11.6 Å². The van der Waals surface area contributed by atoms with Crippen molar-refractivity contribution >= 4 is 11.5 Å². The number of pyridine rings is 2. The molecular formula is C20H21FN4. The molecule has 0 fully saturated rings. The molecule has 0 unspecified atom stereocenters. The molecule has 0 radical (unpaired) electrons. The predicted octanol–water partition coefficient (Wildman–Crippen LogP) is 3.85. The lowest BCUT2D eigenvalue weighted by Gasteiger charge is -2.13. The number of hydrogen-bond acceptors (Lipinski definition) is 4. The Hall–Kier alpha value is -2.95. The number of rotatable bonds is 4. The number of nitrogens with zero attached hydrogens (tertiary/aromatic N) is 2. The molecule has 0 aliphatic heterocycles. The fraction of sp³-hybridized carbons (Fsp3) is 0.200. The van der Waals surface area contributed by atoms with Crippen LogP contribution in [0.3, 0.4) is 0 Å². The van der Waals surface area contributed by atoms with Crippen molar-refractivity contribution < 1.29 is 4.39 Å². The SMILES string of the molecule is Cc1nc(N)cc(CCc2cccc(-c3cncc(F)c3)c2C)c1N. The van der Waals surface area contributed by atoms with Gasteiger partial charge < -0.3 is 11.5 Å². The average Bonchev–Trinajstić information content (AvgIpc) is 2.58. The van der Waals surface area contributed by atoms with Crippen molar-refractivity contribution in [1.29, 1.82) is 0 Å². The Morgan fingerprint density at radius 3 is 2.52 bits per heavy atom. The quantitative estimate of drug-likeness (QED) is 0.758. The maximum atomic E-state index is 13.5. The third kappa shape index (κ3) is 3.60. The Morgan fingerprint density at radius 2 is 1.76 bits per heavy atom. The van der Waals surface area contributed by atoms with Gasteiger partial charge in [0.25, 0.3) is 0 Å². The molecule has 3 aromatic rings. The highest BCUT2D eigenvalue weighted by atomic mass is 19.1. The van der Waals surface area contributed by atoms with Crippen LogP contribution in [0.25, 0.3) is 11.1 Å². The molecule has 0 amide bonds. The lowest BCUT2D eigenvalue weighted by atomic mass is 9.93. The topological polar surface area (TPSA) is 77.8 Å². The molecular weight excluding hydrogens is 315 g/mol. The van der Waals surface area contributed by atoms with Gasteiger partial charge in [-0.05, 0) is 61.1 Å². The van der Waals surface area contributed by atoms with Gasteiger partial charge >= 0.3 is 0 Å². The molecule has 0 atom stereocenters. The smallest absolute Gasteiger partial charge is 0.142 e. The fourth-order valence-electron chi connectivity index (χ4n) is 3.08. The molecule has 0 bridgehead atoms. The van der Waals surface area contributed by atoms with E-state index in [0.717, 1.165) is 40.8 Å². The third-order valence-corrected chi connectivity index (χ3v) is 4.48. The maximum absolute atomic E-state index is 13.5. The van der Waals surface area contributed by atoms with Crippen LogP contribution in [0.1, 0.15) is 22.4 Å². The van der Waals surface area contributed by atoms with E-state index in [1.807, 2.05) is 32.0 Å². The van der Waals surface area contributed by atoms with E-state index in [1.165, 1.54) is 17.8 Å². The largest absolute Gasteiger partial charge is 0.397 e. The van der Waals surface area contributed by atoms with E-state index < -0.39 is 0 Å². The summed E-state index contributed by atoms with van der Waals surface area (Å²) in [6.45, 7) is 3.91. The molecule has 0 aliphatic carbocycles. The minimum absolute atomic E-state index is 0.335. The Morgan fingerprint density at radius 1 is 1.00 bits per heavy atom. The van der Waals surface area contributed by atoms with E-state index in [0.29, 0.717) is 11.5 Å². The third-order valence-electron chi connectivity index (χ3n) is 4.48. The minimum atomic E-state index is -0.335. The first-order valence-electron chi connectivity index (χ1n) is 8.16. The van der Waals surface area contributed by atoms with E-state index in [9.17, 15) is 4.39 Å². The lowest BCUT2D eigenvalue weighted by Crippen LogP contribution is -2.05. The van der Waals surface area contributed by atoms with Crippen LogP contribution >= 0.6 is 0 Å². The van der Waals surface area contributed by atoms with E-state index in [1.54, 1.807) is 6.20 Å². The summed E-state index contributed by atoms with van der Waals surface area (Å²) in [5, 5.41) is 0. The number of aromatic nitrogens is 2. The second-order valence-corrected chi connectivity index (χ2v) is 6.19. The van der Waals surface area contributed by atoms with Gasteiger partial charge in [0.2, 0.25) is 0 Å². The second kappa shape index (κ2) is 6.89. The van der Waals surface area contributed by atoms with Crippen molar-refractivity contribution in [2.75, 3.05) is 11.5 Å². The monoisotopic (exact) mass is 336 g/mol. The van der Waals surface area contributed by atoms with Gasteiger partial charge in [-0.2, -0.15) is 0 Å². The van der Waals surface area contributed by atoms with Gasteiger partial charge in [0, 0.05) is 11.8 Å². The molecule has 2 aromatic heterocycles. The number of halogens is 1. The molecule has 0 saturated carbocycles. The molecule has 25 heavy (non-hydrogen) atoms. The molecule has 4 N–H and O–H groups in total. The van der Waals surface area contributed by atoms with Gasteiger partial charge in [0.15, 0.2) is 0 Å².